The molecule has 2 rings (SSSR count). The van der Waals surface area contributed by atoms with Gasteiger partial charge in [-0.2, -0.15) is 0 Å². The highest BCUT2D eigenvalue weighted by molar-refractivity contribution is 5.79. The molecular formula is C12H19FO4. The molecule has 1 aliphatic heterocycles. The molecule has 4 nitrogen and oxygen atoms in total. The van der Waals surface area contributed by atoms with Crippen molar-refractivity contribution in [2.75, 3.05) is 33.0 Å². The normalized spacial score (nSPS) is 29.2. The summed E-state index contributed by atoms with van der Waals surface area (Å²) in [5.41, 5.74) is -1.33. The Balaban J connectivity index is 1.65. The topological polar surface area (TPSA) is 44.8 Å². The second kappa shape index (κ2) is 5.89. The maximum atomic E-state index is 14.2. The molecule has 2 aliphatic rings. The summed E-state index contributed by atoms with van der Waals surface area (Å²) in [6.45, 7) is 2.12. The molecule has 0 N–H and O–H groups in total. The molecule has 1 heterocycles. The van der Waals surface area contributed by atoms with Crippen molar-refractivity contribution in [2.24, 2.45) is 0 Å². The van der Waals surface area contributed by atoms with E-state index in [4.69, 9.17) is 14.2 Å². The summed E-state index contributed by atoms with van der Waals surface area (Å²) in [7, 11) is 0. The molecule has 0 radical (unpaired) electrons. The molecular weight excluding hydrogens is 227 g/mol. The SMILES string of the molecule is O=C1CCC(F)(COC[C@@H]2COCCO2)CC1. The third-order valence-corrected chi connectivity index (χ3v) is 3.25. The van der Waals surface area contributed by atoms with E-state index < -0.39 is 5.67 Å². The number of halogens is 1. The van der Waals surface area contributed by atoms with Crippen molar-refractivity contribution < 1.29 is 23.4 Å². The van der Waals surface area contributed by atoms with E-state index in [-0.39, 0.29) is 31.3 Å². The van der Waals surface area contributed by atoms with Crippen molar-refractivity contribution >= 4 is 5.78 Å². The van der Waals surface area contributed by atoms with Crippen molar-refractivity contribution in [3.8, 4) is 0 Å². The summed E-state index contributed by atoms with van der Waals surface area (Å²) in [6.07, 6.45) is 1.16. The van der Waals surface area contributed by atoms with E-state index in [9.17, 15) is 9.18 Å². The van der Waals surface area contributed by atoms with Crippen molar-refractivity contribution in [1.29, 1.82) is 0 Å². The minimum absolute atomic E-state index is 0.0557. The van der Waals surface area contributed by atoms with Gasteiger partial charge in [-0.3, -0.25) is 4.79 Å². The number of ether oxygens (including phenoxy) is 3. The predicted octanol–water partition coefficient (Wildman–Crippen LogP) is 1.27. The molecule has 0 aromatic heterocycles. The lowest BCUT2D eigenvalue weighted by atomic mass is 9.86. The van der Waals surface area contributed by atoms with Crippen LogP contribution >= 0.6 is 0 Å². The summed E-state index contributed by atoms with van der Waals surface area (Å²) in [5.74, 6) is 0.155. The standard InChI is InChI=1S/C12H19FO4/c13-12(3-1-10(14)2-4-12)9-16-8-11-7-15-5-6-17-11/h11H,1-9H2/t11-/m0/s1. The van der Waals surface area contributed by atoms with Gasteiger partial charge in [0.1, 0.15) is 17.6 Å². The molecule has 0 aromatic rings. The lowest BCUT2D eigenvalue weighted by molar-refractivity contribution is -0.132. The first kappa shape index (κ1) is 12.9. The molecule has 1 saturated carbocycles. The van der Waals surface area contributed by atoms with Gasteiger partial charge in [-0.1, -0.05) is 0 Å². The van der Waals surface area contributed by atoms with Gasteiger partial charge in [0, 0.05) is 12.8 Å². The molecule has 0 unspecified atom stereocenters. The van der Waals surface area contributed by atoms with E-state index in [1.807, 2.05) is 0 Å². The zero-order chi connectivity index (χ0) is 12.1. The van der Waals surface area contributed by atoms with E-state index in [2.05, 4.69) is 0 Å². The van der Waals surface area contributed by atoms with Crippen LogP contribution in [0.2, 0.25) is 0 Å². The number of rotatable bonds is 4. The molecule has 98 valence electrons. The fourth-order valence-electron chi connectivity index (χ4n) is 2.13. The number of hydrogen-bond acceptors (Lipinski definition) is 4. The van der Waals surface area contributed by atoms with Crippen LogP contribution in [0, 0.1) is 0 Å². The molecule has 0 aromatic carbocycles. The first-order valence-electron chi connectivity index (χ1n) is 6.16. The number of carbonyl (C=O) groups excluding carboxylic acids is 1. The van der Waals surface area contributed by atoms with Gasteiger partial charge >= 0.3 is 0 Å². The van der Waals surface area contributed by atoms with Crippen LogP contribution in [-0.2, 0) is 19.0 Å². The lowest BCUT2D eigenvalue weighted by Crippen LogP contribution is -2.38. The highest BCUT2D eigenvalue weighted by Gasteiger charge is 2.35. The van der Waals surface area contributed by atoms with Crippen molar-refractivity contribution in [3.63, 3.8) is 0 Å². The summed E-state index contributed by atoms with van der Waals surface area (Å²) in [5, 5.41) is 0. The maximum Gasteiger partial charge on any atom is 0.135 e. The lowest BCUT2D eigenvalue weighted by Gasteiger charge is -2.29. The van der Waals surface area contributed by atoms with Crippen LogP contribution in [0.5, 0.6) is 0 Å². The van der Waals surface area contributed by atoms with Crippen LogP contribution in [-0.4, -0.2) is 50.6 Å². The van der Waals surface area contributed by atoms with E-state index in [0.29, 0.717) is 39.3 Å². The Hall–Kier alpha value is -0.520. The van der Waals surface area contributed by atoms with Gasteiger partial charge in [0.15, 0.2) is 0 Å². The van der Waals surface area contributed by atoms with Crippen molar-refractivity contribution in [2.45, 2.75) is 37.5 Å². The van der Waals surface area contributed by atoms with Crippen LogP contribution in [0.4, 0.5) is 4.39 Å². The molecule has 2 fully saturated rings. The second-order valence-electron chi connectivity index (χ2n) is 4.77. The number of alkyl halides is 1. The van der Waals surface area contributed by atoms with E-state index in [1.54, 1.807) is 0 Å². The number of Topliss-reactive ketones (excluding diaryl/α,β-unsaturated/α-hetero) is 1. The van der Waals surface area contributed by atoms with Crippen LogP contribution in [0.25, 0.3) is 0 Å². The first-order valence-corrected chi connectivity index (χ1v) is 6.16. The largest absolute Gasteiger partial charge is 0.376 e. The van der Waals surface area contributed by atoms with Crippen molar-refractivity contribution in [3.05, 3.63) is 0 Å². The highest BCUT2D eigenvalue weighted by atomic mass is 19.1. The smallest absolute Gasteiger partial charge is 0.135 e. The number of ketones is 1. The molecule has 0 bridgehead atoms. The monoisotopic (exact) mass is 246 g/mol. The van der Waals surface area contributed by atoms with Crippen LogP contribution in [0.1, 0.15) is 25.7 Å². The fourth-order valence-corrected chi connectivity index (χ4v) is 2.13. The highest BCUT2D eigenvalue weighted by Crippen LogP contribution is 2.30. The van der Waals surface area contributed by atoms with E-state index >= 15 is 0 Å². The van der Waals surface area contributed by atoms with Gasteiger partial charge in [-0.05, 0) is 12.8 Å². The zero-order valence-electron chi connectivity index (χ0n) is 9.95. The quantitative estimate of drug-likeness (QED) is 0.749. The molecule has 0 amide bonds. The Morgan fingerprint density at radius 2 is 2.12 bits per heavy atom. The average Bonchev–Trinajstić information content (AvgIpc) is 2.35. The summed E-state index contributed by atoms with van der Waals surface area (Å²) in [6, 6.07) is 0. The minimum Gasteiger partial charge on any atom is -0.376 e. The van der Waals surface area contributed by atoms with Gasteiger partial charge in [0.2, 0.25) is 0 Å². The minimum atomic E-state index is -1.33. The van der Waals surface area contributed by atoms with Gasteiger partial charge < -0.3 is 14.2 Å². The molecule has 1 saturated heterocycles. The fraction of sp³-hybridized carbons (Fsp3) is 0.917. The van der Waals surface area contributed by atoms with Crippen LogP contribution < -0.4 is 0 Å². The molecule has 0 spiro atoms. The maximum absolute atomic E-state index is 14.2. The molecule has 1 aliphatic carbocycles. The molecule has 5 heteroatoms. The Morgan fingerprint density at radius 3 is 2.76 bits per heavy atom. The van der Waals surface area contributed by atoms with Crippen molar-refractivity contribution in [1.82, 2.24) is 0 Å². The van der Waals surface area contributed by atoms with E-state index in [0.717, 1.165) is 0 Å². The number of carbonyl (C=O) groups is 1. The summed E-state index contributed by atoms with van der Waals surface area (Å²) < 4.78 is 30.1. The van der Waals surface area contributed by atoms with Gasteiger partial charge in [-0.15, -0.1) is 0 Å². The Kier molecular flexibility index (Phi) is 4.48. The third-order valence-electron chi connectivity index (χ3n) is 3.25. The van der Waals surface area contributed by atoms with Gasteiger partial charge in [0.25, 0.3) is 0 Å². The van der Waals surface area contributed by atoms with Crippen LogP contribution in [0.15, 0.2) is 0 Å². The van der Waals surface area contributed by atoms with Crippen LogP contribution in [0.3, 0.4) is 0 Å². The summed E-state index contributed by atoms with van der Waals surface area (Å²) in [4.78, 5) is 11.0. The zero-order valence-corrected chi connectivity index (χ0v) is 9.95. The molecule has 1 atom stereocenters. The van der Waals surface area contributed by atoms with Gasteiger partial charge in [-0.25, -0.2) is 4.39 Å². The number of hydrogen-bond donors (Lipinski definition) is 0. The predicted molar refractivity (Wildman–Crippen MR) is 58.7 cm³/mol. The summed E-state index contributed by atoms with van der Waals surface area (Å²) >= 11 is 0. The average molecular weight is 246 g/mol. The van der Waals surface area contributed by atoms with E-state index in [1.165, 1.54) is 0 Å². The second-order valence-corrected chi connectivity index (χ2v) is 4.77. The van der Waals surface area contributed by atoms with Gasteiger partial charge in [0.05, 0.1) is 33.0 Å². The first-order chi connectivity index (χ1) is 8.18. The Labute approximate surface area is 100 Å². The Bertz CT molecular complexity index is 253. The third kappa shape index (κ3) is 4.01. The Morgan fingerprint density at radius 1 is 1.35 bits per heavy atom. The molecule has 17 heavy (non-hydrogen) atoms.